The lowest BCUT2D eigenvalue weighted by atomic mass is 10.3. The van der Waals surface area contributed by atoms with Crippen LogP contribution in [0.4, 0.5) is 0 Å². The Morgan fingerprint density at radius 1 is 1.18 bits per heavy atom. The maximum atomic E-state index is 7.10. The molecule has 92 valence electrons. The lowest BCUT2D eigenvalue weighted by molar-refractivity contribution is -0.697. The minimum Gasteiger partial charge on any atom is -0.337 e. The van der Waals surface area contributed by atoms with Crippen molar-refractivity contribution in [1.29, 1.82) is 10.5 Å². The zero-order valence-electron chi connectivity index (χ0n) is 10.4. The minimum atomic E-state index is 1.15. The quantitative estimate of drug-likeness (QED) is 0.461. The Balaban J connectivity index is 0. The van der Waals surface area contributed by atoms with Gasteiger partial charge in [-0.05, 0) is 12.5 Å². The van der Waals surface area contributed by atoms with Gasteiger partial charge in [-0.15, -0.1) is 0 Å². The second-order valence-electron chi connectivity index (χ2n) is 3.23. The van der Waals surface area contributed by atoms with E-state index in [4.69, 9.17) is 10.5 Å². The number of unbranched alkanes of at least 4 members (excludes halogenated alkanes) is 1. The first-order valence-electron chi connectivity index (χ1n) is 5.31. The molecule has 0 aliphatic carbocycles. The molecule has 0 bridgehead atoms. The van der Waals surface area contributed by atoms with E-state index in [9.17, 15) is 0 Å². The van der Waals surface area contributed by atoms with E-state index in [0.29, 0.717) is 0 Å². The average molecular weight is 234 g/mol. The van der Waals surface area contributed by atoms with E-state index in [-0.39, 0.29) is 0 Å². The summed E-state index contributed by atoms with van der Waals surface area (Å²) < 4.78 is 2.23. The van der Waals surface area contributed by atoms with Gasteiger partial charge in [0.15, 0.2) is 24.8 Å². The van der Waals surface area contributed by atoms with Gasteiger partial charge in [0.05, 0.1) is 0 Å². The molecule has 0 aliphatic heterocycles. The molecule has 0 saturated carbocycles. The highest BCUT2D eigenvalue weighted by Gasteiger charge is 1.95. The van der Waals surface area contributed by atoms with Gasteiger partial charge in [0.25, 0.3) is 0 Å². The summed E-state index contributed by atoms with van der Waals surface area (Å²) in [6.45, 7) is 5.48. The number of nitrogens with zero attached hydrogens (tertiary/aromatic N) is 3. The molecule has 5 nitrogen and oxygen atoms in total. The predicted molar refractivity (Wildman–Crippen MR) is 65.9 cm³/mol. The molecule has 0 spiro atoms. The molecule has 5 heteroatoms. The van der Waals surface area contributed by atoms with Crippen LogP contribution in [0.5, 0.6) is 0 Å². The van der Waals surface area contributed by atoms with Crippen molar-refractivity contribution < 1.29 is 4.57 Å². The monoisotopic (exact) mass is 234 g/mol. The zero-order chi connectivity index (χ0) is 13.5. The van der Waals surface area contributed by atoms with Crippen molar-refractivity contribution in [3.8, 4) is 12.4 Å². The minimum absolute atomic E-state index is 1.15. The van der Waals surface area contributed by atoms with Gasteiger partial charge < -0.3 is 11.5 Å². The third kappa shape index (κ3) is 13.7. The number of hydrogen-bond donors (Lipinski definition) is 2. The van der Waals surface area contributed by atoms with Crippen molar-refractivity contribution in [2.45, 2.75) is 33.2 Å². The van der Waals surface area contributed by atoms with Crippen LogP contribution < -0.4 is 16.0 Å². The van der Waals surface area contributed by atoms with E-state index in [1.54, 1.807) is 0 Å². The molecule has 1 heterocycles. The molecular formula is C12H20N5+. The van der Waals surface area contributed by atoms with Crippen LogP contribution in [-0.4, -0.2) is 0 Å². The second kappa shape index (κ2) is 13.7. The number of aromatic nitrogens is 1. The lowest BCUT2D eigenvalue weighted by Crippen LogP contribution is -2.32. The number of nitrogens with two attached hydrogens (primary N) is 2. The number of hydrogen-bond acceptors (Lipinski definition) is 4. The molecule has 0 saturated heterocycles. The van der Waals surface area contributed by atoms with Gasteiger partial charge in [0.2, 0.25) is 0 Å². The third-order valence-corrected chi connectivity index (χ3v) is 1.83. The van der Waals surface area contributed by atoms with Gasteiger partial charge in [0, 0.05) is 18.6 Å². The first kappa shape index (κ1) is 17.1. The summed E-state index contributed by atoms with van der Waals surface area (Å²) in [5.41, 5.74) is 9.64. The normalized spacial score (nSPS) is 7.29. The van der Waals surface area contributed by atoms with Crippen LogP contribution in [0.1, 0.15) is 25.3 Å². The SMILES string of the molecule is CCCC[n+]1ccc(C)cc1.N#CN.N#CN. The predicted octanol–water partition coefficient (Wildman–Crippen LogP) is 0.935. The molecule has 17 heavy (non-hydrogen) atoms. The first-order chi connectivity index (χ1) is 8.15. The summed E-state index contributed by atoms with van der Waals surface area (Å²) in [6.07, 6.45) is 9.32. The van der Waals surface area contributed by atoms with Gasteiger partial charge in [0.1, 0.15) is 6.54 Å². The maximum absolute atomic E-state index is 7.10. The van der Waals surface area contributed by atoms with E-state index >= 15 is 0 Å². The van der Waals surface area contributed by atoms with Crippen LogP contribution in [0.15, 0.2) is 24.5 Å². The van der Waals surface area contributed by atoms with Crippen LogP contribution in [0.3, 0.4) is 0 Å². The van der Waals surface area contributed by atoms with E-state index in [1.165, 1.54) is 30.8 Å². The third-order valence-electron chi connectivity index (χ3n) is 1.83. The second-order valence-corrected chi connectivity index (χ2v) is 3.23. The summed E-state index contributed by atoms with van der Waals surface area (Å²) in [6, 6.07) is 4.30. The number of rotatable bonds is 3. The highest BCUT2D eigenvalue weighted by Crippen LogP contribution is 1.91. The number of aryl methyl sites for hydroxylation is 2. The summed E-state index contributed by atoms with van der Waals surface area (Å²) >= 11 is 0. The molecule has 1 rings (SSSR count). The van der Waals surface area contributed by atoms with Gasteiger partial charge >= 0.3 is 0 Å². The molecule has 0 atom stereocenters. The molecule has 0 fully saturated rings. The van der Waals surface area contributed by atoms with E-state index < -0.39 is 0 Å². The van der Waals surface area contributed by atoms with E-state index in [0.717, 1.165) is 6.54 Å². The molecule has 0 aromatic carbocycles. The Labute approximate surface area is 103 Å². The molecule has 0 aliphatic rings. The van der Waals surface area contributed by atoms with E-state index in [2.05, 4.69) is 54.4 Å². The van der Waals surface area contributed by atoms with Crippen molar-refractivity contribution in [3.63, 3.8) is 0 Å². The molecule has 0 radical (unpaired) electrons. The molecule has 1 aromatic heterocycles. The topological polar surface area (TPSA) is 103 Å². The van der Waals surface area contributed by atoms with Crippen molar-refractivity contribution in [1.82, 2.24) is 0 Å². The Bertz CT molecular complexity index is 333. The van der Waals surface area contributed by atoms with Crippen LogP contribution in [-0.2, 0) is 6.54 Å². The Morgan fingerprint density at radius 2 is 1.59 bits per heavy atom. The van der Waals surface area contributed by atoms with Crippen LogP contribution in [0.2, 0.25) is 0 Å². The first-order valence-corrected chi connectivity index (χ1v) is 5.31. The molecule has 1 aromatic rings. The van der Waals surface area contributed by atoms with Crippen LogP contribution >= 0.6 is 0 Å². The van der Waals surface area contributed by atoms with Crippen molar-refractivity contribution in [3.05, 3.63) is 30.1 Å². The largest absolute Gasteiger partial charge is 0.337 e. The summed E-state index contributed by atoms with van der Waals surface area (Å²) in [7, 11) is 0. The van der Waals surface area contributed by atoms with Gasteiger partial charge in [-0.2, -0.15) is 10.5 Å². The summed E-state index contributed by atoms with van der Waals surface area (Å²) in [4.78, 5) is 0. The van der Waals surface area contributed by atoms with Crippen molar-refractivity contribution in [2.24, 2.45) is 11.5 Å². The fourth-order valence-corrected chi connectivity index (χ4v) is 1.02. The summed E-state index contributed by atoms with van der Waals surface area (Å²) in [5.74, 6) is 0. The van der Waals surface area contributed by atoms with Gasteiger partial charge in [-0.3, -0.25) is 0 Å². The number of pyridine rings is 1. The highest BCUT2D eigenvalue weighted by molar-refractivity contribution is 5.03. The fourth-order valence-electron chi connectivity index (χ4n) is 1.02. The maximum Gasteiger partial charge on any atom is 0.173 e. The number of nitriles is 2. The molecule has 4 N–H and O–H groups in total. The molecular weight excluding hydrogens is 214 g/mol. The average Bonchev–Trinajstić information content (AvgIpc) is 2.30. The zero-order valence-corrected chi connectivity index (χ0v) is 10.4. The van der Waals surface area contributed by atoms with Gasteiger partial charge in [-0.25, -0.2) is 4.57 Å². The standard InChI is InChI=1S/C10H16N.2CH2N2/c1-3-4-7-11-8-5-10(2)6-9-11;2*2-1-3/h5-6,8-9H,3-4,7H2,1-2H3;2*2H2/q+1;;. The van der Waals surface area contributed by atoms with Gasteiger partial charge in [-0.1, -0.05) is 13.3 Å². The van der Waals surface area contributed by atoms with E-state index in [1.807, 2.05) is 0 Å². The van der Waals surface area contributed by atoms with Crippen molar-refractivity contribution in [2.75, 3.05) is 0 Å². The Kier molecular flexibility index (Phi) is 13.8. The molecule has 0 amide bonds. The smallest absolute Gasteiger partial charge is 0.173 e. The van der Waals surface area contributed by atoms with Crippen molar-refractivity contribution >= 4 is 0 Å². The van der Waals surface area contributed by atoms with Crippen LogP contribution in [0.25, 0.3) is 0 Å². The fraction of sp³-hybridized carbons (Fsp3) is 0.417. The lowest BCUT2D eigenvalue weighted by Gasteiger charge is -1.94. The Hall–Kier alpha value is -2.27. The summed E-state index contributed by atoms with van der Waals surface area (Å²) in [5, 5.41) is 14.2. The molecule has 0 unspecified atom stereocenters. The Morgan fingerprint density at radius 3 is 1.94 bits per heavy atom. The highest BCUT2D eigenvalue weighted by atomic mass is 14.9. The van der Waals surface area contributed by atoms with Crippen LogP contribution in [0, 0.1) is 29.8 Å².